The number of thioether (sulfide) groups is 1. The van der Waals surface area contributed by atoms with Crippen LogP contribution in [-0.4, -0.2) is 52.5 Å². The van der Waals surface area contributed by atoms with E-state index in [0.717, 1.165) is 34.8 Å². The molecule has 0 bridgehead atoms. The van der Waals surface area contributed by atoms with Crippen LogP contribution in [0.15, 0.2) is 64.1 Å². The molecular formula is C29H33Cl2N4O2S+. The number of amides is 2. The molecule has 0 spiro atoms. The van der Waals surface area contributed by atoms with Gasteiger partial charge in [-0.05, 0) is 67.4 Å². The van der Waals surface area contributed by atoms with E-state index in [0.29, 0.717) is 21.4 Å². The summed E-state index contributed by atoms with van der Waals surface area (Å²) in [5.74, 6) is -0.0872. The molecule has 3 aliphatic heterocycles. The predicted molar refractivity (Wildman–Crippen MR) is 155 cm³/mol. The Labute approximate surface area is 238 Å². The van der Waals surface area contributed by atoms with Gasteiger partial charge in [0.2, 0.25) is 0 Å². The van der Waals surface area contributed by atoms with Crippen molar-refractivity contribution < 1.29 is 14.1 Å². The van der Waals surface area contributed by atoms with Crippen molar-refractivity contribution >= 4 is 51.9 Å². The maximum absolute atomic E-state index is 14.4. The fraction of sp³-hybridized carbons (Fsp3) is 0.414. The zero-order chi connectivity index (χ0) is 27.4. The lowest BCUT2D eigenvalue weighted by molar-refractivity contribution is -0.860. The third kappa shape index (κ3) is 4.10. The van der Waals surface area contributed by atoms with Gasteiger partial charge < -0.3 is 10.2 Å². The molecular weight excluding hydrogens is 539 g/mol. The van der Waals surface area contributed by atoms with E-state index in [1.54, 1.807) is 7.05 Å². The summed E-state index contributed by atoms with van der Waals surface area (Å²) in [6, 6.07) is 15.2. The molecule has 1 unspecified atom stereocenters. The van der Waals surface area contributed by atoms with Gasteiger partial charge in [0.25, 0.3) is 5.91 Å². The number of carbonyl (C=O) groups excluding carboxylic acids is 2. The summed E-state index contributed by atoms with van der Waals surface area (Å²) >= 11 is 13.9. The number of rotatable bonds is 5. The first-order chi connectivity index (χ1) is 18.1. The van der Waals surface area contributed by atoms with Gasteiger partial charge in [0, 0.05) is 35.6 Å². The SMILES string of the molecule is CC[C@@H]1CC[C@@H](C(=O)NC)[N+]1(C)C(=O)C1=C(C)N2C(=N[C@@](C)(c3ccc(Cl)cc3)[C@H]2c2ccc(Cl)cc2)S1. The molecule has 1 saturated heterocycles. The molecule has 3 aliphatic rings. The summed E-state index contributed by atoms with van der Waals surface area (Å²) in [6.07, 6.45) is 2.38. The number of likely N-dealkylation sites (tertiary alicyclic amines) is 1. The largest absolute Gasteiger partial charge is 0.355 e. The molecule has 5 atom stereocenters. The topological polar surface area (TPSA) is 61.8 Å². The van der Waals surface area contributed by atoms with Crippen LogP contribution >= 0.6 is 35.0 Å². The maximum atomic E-state index is 14.4. The van der Waals surface area contributed by atoms with E-state index in [-0.39, 0.29) is 28.4 Å². The van der Waals surface area contributed by atoms with Crippen molar-refractivity contribution in [3.05, 3.63) is 80.3 Å². The number of allylic oxidation sites excluding steroid dienone is 1. The van der Waals surface area contributed by atoms with Crippen LogP contribution < -0.4 is 5.32 Å². The second-order valence-corrected chi connectivity index (χ2v) is 12.5. The van der Waals surface area contributed by atoms with Gasteiger partial charge in [-0.25, -0.2) is 14.3 Å². The van der Waals surface area contributed by atoms with E-state index in [1.165, 1.54) is 11.8 Å². The highest BCUT2D eigenvalue weighted by Crippen LogP contribution is 2.55. The van der Waals surface area contributed by atoms with Crippen molar-refractivity contribution in [3.63, 3.8) is 0 Å². The Hall–Kier alpha value is -2.32. The third-order valence-corrected chi connectivity index (χ3v) is 10.3. The fourth-order valence-electron chi connectivity index (χ4n) is 6.48. The van der Waals surface area contributed by atoms with Crippen molar-refractivity contribution in [3.8, 4) is 0 Å². The first-order valence-corrected chi connectivity index (χ1v) is 14.5. The lowest BCUT2D eigenvalue weighted by Gasteiger charge is -2.38. The number of fused-ring (bicyclic) bond motifs is 1. The van der Waals surface area contributed by atoms with Gasteiger partial charge in [-0.15, -0.1) is 0 Å². The first-order valence-electron chi connectivity index (χ1n) is 13.0. The Kier molecular flexibility index (Phi) is 7.18. The average molecular weight is 573 g/mol. The molecule has 0 aromatic heterocycles. The predicted octanol–water partition coefficient (Wildman–Crippen LogP) is 6.26. The number of benzene rings is 2. The Balaban J connectivity index is 1.60. The third-order valence-electron chi connectivity index (χ3n) is 8.65. The van der Waals surface area contributed by atoms with Crippen LogP contribution in [0.1, 0.15) is 57.2 Å². The summed E-state index contributed by atoms with van der Waals surface area (Å²) in [7, 11) is 3.58. The average Bonchev–Trinajstić information content (AvgIpc) is 3.52. The van der Waals surface area contributed by atoms with Crippen LogP contribution in [0.25, 0.3) is 0 Å². The van der Waals surface area contributed by atoms with E-state index in [2.05, 4.69) is 24.1 Å². The van der Waals surface area contributed by atoms with Crippen LogP contribution in [0.5, 0.6) is 0 Å². The van der Waals surface area contributed by atoms with E-state index >= 15 is 0 Å². The van der Waals surface area contributed by atoms with E-state index in [9.17, 15) is 9.59 Å². The van der Waals surface area contributed by atoms with Crippen molar-refractivity contribution in [1.29, 1.82) is 0 Å². The van der Waals surface area contributed by atoms with Crippen molar-refractivity contribution in [1.82, 2.24) is 10.2 Å². The van der Waals surface area contributed by atoms with Gasteiger partial charge in [-0.2, -0.15) is 0 Å². The Bertz CT molecular complexity index is 1340. The molecule has 0 radical (unpaired) electrons. The Morgan fingerprint density at radius 1 is 1.11 bits per heavy atom. The second kappa shape index (κ2) is 10.0. The minimum absolute atomic E-state index is 0.00870. The monoisotopic (exact) mass is 571 g/mol. The number of amidine groups is 1. The highest BCUT2D eigenvalue weighted by atomic mass is 35.5. The standard InChI is InChI=1S/C29H32Cl2N4O2S/c1-6-22-15-16-23(26(36)32-4)35(22,5)27(37)24-17(2)34-25(18-7-11-20(30)12-8-18)29(3,33-28(34)38-24)19-9-13-21(31)14-10-19/h7-14,22-23,25H,6,15-16H2,1-5H3/p+1/t22-,23+,25-,29+,35?/m1/s1. The lowest BCUT2D eigenvalue weighted by atomic mass is 9.81. The molecule has 0 aliphatic carbocycles. The molecule has 0 saturated carbocycles. The van der Waals surface area contributed by atoms with Gasteiger partial charge in [0.05, 0.1) is 19.1 Å². The van der Waals surface area contributed by atoms with Crippen LogP contribution in [0.2, 0.25) is 10.0 Å². The number of aliphatic imine (C=N–C) groups is 1. The Morgan fingerprint density at radius 2 is 1.71 bits per heavy atom. The molecule has 2 aromatic carbocycles. The first kappa shape index (κ1) is 27.3. The molecule has 1 fully saturated rings. The van der Waals surface area contributed by atoms with Gasteiger partial charge in [0.1, 0.15) is 10.4 Å². The lowest BCUT2D eigenvalue weighted by Crippen LogP contribution is -2.61. The number of carbonyl (C=O) groups is 2. The zero-order valence-electron chi connectivity index (χ0n) is 22.3. The number of nitrogens with one attached hydrogen (secondary N) is 1. The number of hydrogen-bond donors (Lipinski definition) is 1. The fourth-order valence-corrected chi connectivity index (χ4v) is 8.02. The zero-order valence-corrected chi connectivity index (χ0v) is 24.6. The van der Waals surface area contributed by atoms with E-state index in [1.807, 2.05) is 62.5 Å². The minimum Gasteiger partial charge on any atom is -0.354 e. The van der Waals surface area contributed by atoms with Crippen LogP contribution in [0.4, 0.5) is 0 Å². The summed E-state index contributed by atoms with van der Waals surface area (Å²) in [5, 5.41) is 4.91. The molecule has 2 amide bonds. The maximum Gasteiger partial charge on any atom is 0.355 e. The highest BCUT2D eigenvalue weighted by Gasteiger charge is 2.58. The molecule has 2 aromatic rings. The molecule has 1 N–H and O–H groups in total. The highest BCUT2D eigenvalue weighted by molar-refractivity contribution is 8.18. The number of likely N-dealkylation sites (N-methyl/N-ethyl adjacent to an activating group) is 2. The van der Waals surface area contributed by atoms with Gasteiger partial charge >= 0.3 is 5.91 Å². The number of nitrogens with zero attached hydrogens (tertiary/aromatic N) is 3. The van der Waals surface area contributed by atoms with Crippen LogP contribution in [-0.2, 0) is 15.1 Å². The van der Waals surface area contributed by atoms with E-state index < -0.39 is 11.6 Å². The number of hydrogen-bond acceptors (Lipinski definition) is 5. The van der Waals surface area contributed by atoms with Crippen molar-refractivity contribution in [2.24, 2.45) is 4.99 Å². The molecule has 3 heterocycles. The Morgan fingerprint density at radius 3 is 2.29 bits per heavy atom. The minimum atomic E-state index is -0.612. The van der Waals surface area contributed by atoms with Crippen molar-refractivity contribution in [2.45, 2.75) is 63.7 Å². The molecule has 38 heavy (non-hydrogen) atoms. The van der Waals surface area contributed by atoms with Crippen molar-refractivity contribution in [2.75, 3.05) is 14.1 Å². The molecule has 9 heteroatoms. The molecule has 6 nitrogen and oxygen atoms in total. The summed E-state index contributed by atoms with van der Waals surface area (Å²) in [4.78, 5) is 35.3. The smallest absolute Gasteiger partial charge is 0.354 e. The summed E-state index contributed by atoms with van der Waals surface area (Å²) in [5.41, 5.74) is 2.34. The van der Waals surface area contributed by atoms with Gasteiger partial charge in [-0.3, -0.25) is 4.79 Å². The number of halogens is 2. The normalized spacial score (nSPS) is 30.4. The van der Waals surface area contributed by atoms with Gasteiger partial charge in [-0.1, -0.05) is 54.4 Å². The van der Waals surface area contributed by atoms with Crippen LogP contribution in [0, 0.1) is 0 Å². The molecule has 200 valence electrons. The van der Waals surface area contributed by atoms with Crippen LogP contribution in [0.3, 0.4) is 0 Å². The summed E-state index contributed by atoms with van der Waals surface area (Å²) in [6.45, 7) is 6.22. The summed E-state index contributed by atoms with van der Waals surface area (Å²) < 4.78 is 0.0943. The second-order valence-electron chi connectivity index (χ2n) is 10.6. The van der Waals surface area contributed by atoms with E-state index in [4.69, 9.17) is 28.2 Å². The number of quaternary nitrogens is 1. The molecule has 5 rings (SSSR count). The quantitative estimate of drug-likeness (QED) is 0.430. The van der Waals surface area contributed by atoms with Gasteiger partial charge in [0.15, 0.2) is 11.2 Å².